The Labute approximate surface area is 112 Å². The molecule has 0 aromatic heterocycles. The number of aryl methyl sites for hydroxylation is 1. The molecule has 0 aliphatic carbocycles. The summed E-state index contributed by atoms with van der Waals surface area (Å²) < 4.78 is 37.1. The quantitative estimate of drug-likeness (QED) is 0.866. The van der Waals surface area contributed by atoms with Crippen LogP contribution < -0.4 is 5.73 Å². The van der Waals surface area contributed by atoms with Crippen molar-refractivity contribution in [3.05, 3.63) is 35.1 Å². The summed E-state index contributed by atoms with van der Waals surface area (Å²) in [5.74, 6) is -0.727. The highest BCUT2D eigenvalue weighted by Crippen LogP contribution is 2.43. The van der Waals surface area contributed by atoms with Crippen molar-refractivity contribution in [2.24, 2.45) is 11.1 Å². The molecule has 2 atom stereocenters. The zero-order valence-corrected chi connectivity index (χ0v) is 11.6. The van der Waals surface area contributed by atoms with Crippen molar-refractivity contribution in [2.75, 3.05) is 18.1 Å². The maximum atomic E-state index is 13.8. The summed E-state index contributed by atoms with van der Waals surface area (Å²) in [5, 5.41) is 10.4. The van der Waals surface area contributed by atoms with Gasteiger partial charge in [0.05, 0.1) is 17.6 Å². The van der Waals surface area contributed by atoms with Crippen LogP contribution in [0.3, 0.4) is 0 Å². The van der Waals surface area contributed by atoms with E-state index in [0.717, 1.165) is 5.56 Å². The van der Waals surface area contributed by atoms with Crippen LogP contribution in [-0.2, 0) is 9.84 Å². The maximum Gasteiger partial charge on any atom is 0.151 e. The number of sulfone groups is 1. The number of halogens is 1. The summed E-state index contributed by atoms with van der Waals surface area (Å²) in [6.45, 7) is 1.80. The van der Waals surface area contributed by atoms with Gasteiger partial charge in [-0.15, -0.1) is 0 Å². The molecule has 1 saturated heterocycles. The minimum atomic E-state index is -3.20. The number of aliphatic hydroxyl groups excluding tert-OH is 1. The first-order valence-electron chi connectivity index (χ1n) is 6.14. The smallest absolute Gasteiger partial charge is 0.151 e. The van der Waals surface area contributed by atoms with Gasteiger partial charge in [-0.05, 0) is 19.4 Å². The van der Waals surface area contributed by atoms with Crippen molar-refractivity contribution >= 4 is 9.84 Å². The Kier molecular flexibility index (Phi) is 3.68. The minimum Gasteiger partial charge on any atom is -0.388 e. The highest BCUT2D eigenvalue weighted by atomic mass is 32.2. The van der Waals surface area contributed by atoms with Crippen LogP contribution >= 0.6 is 0 Å². The standard InChI is InChI=1S/C13H18FNO3S/c1-9-2-3-11(14)10(6-9)12(16)13(7-15)4-5-19(17,18)8-13/h2-3,6,12,16H,4-5,7-8,15H2,1H3. The highest BCUT2D eigenvalue weighted by molar-refractivity contribution is 7.91. The van der Waals surface area contributed by atoms with Gasteiger partial charge in [-0.2, -0.15) is 0 Å². The predicted octanol–water partition coefficient (Wildman–Crippen LogP) is 0.931. The van der Waals surface area contributed by atoms with Gasteiger partial charge in [0.2, 0.25) is 0 Å². The molecule has 0 spiro atoms. The van der Waals surface area contributed by atoms with E-state index in [-0.39, 0.29) is 30.0 Å². The number of rotatable bonds is 3. The Bertz CT molecular complexity index is 588. The van der Waals surface area contributed by atoms with Gasteiger partial charge >= 0.3 is 0 Å². The van der Waals surface area contributed by atoms with Gasteiger partial charge in [-0.25, -0.2) is 12.8 Å². The molecule has 0 saturated carbocycles. The third-order valence-electron chi connectivity index (χ3n) is 3.85. The molecule has 4 nitrogen and oxygen atoms in total. The van der Waals surface area contributed by atoms with Gasteiger partial charge in [0, 0.05) is 17.5 Å². The lowest BCUT2D eigenvalue weighted by atomic mass is 9.78. The van der Waals surface area contributed by atoms with Crippen molar-refractivity contribution < 1.29 is 17.9 Å². The molecule has 0 radical (unpaired) electrons. The van der Waals surface area contributed by atoms with Crippen LogP contribution in [0.5, 0.6) is 0 Å². The van der Waals surface area contributed by atoms with E-state index in [1.807, 2.05) is 0 Å². The molecular formula is C13H18FNO3S. The molecular weight excluding hydrogens is 269 g/mol. The van der Waals surface area contributed by atoms with Crippen molar-refractivity contribution in [1.29, 1.82) is 0 Å². The van der Waals surface area contributed by atoms with E-state index in [4.69, 9.17) is 5.73 Å². The van der Waals surface area contributed by atoms with E-state index in [1.165, 1.54) is 6.07 Å². The number of hydrogen-bond donors (Lipinski definition) is 2. The summed E-state index contributed by atoms with van der Waals surface area (Å²) in [4.78, 5) is 0. The first-order valence-corrected chi connectivity index (χ1v) is 7.96. The first kappa shape index (κ1) is 14.4. The molecule has 3 N–H and O–H groups in total. The lowest BCUT2D eigenvalue weighted by Crippen LogP contribution is -2.38. The minimum absolute atomic E-state index is 0.00526. The van der Waals surface area contributed by atoms with Gasteiger partial charge in [-0.1, -0.05) is 17.7 Å². The van der Waals surface area contributed by atoms with Crippen LogP contribution in [0, 0.1) is 18.2 Å². The Morgan fingerprint density at radius 2 is 2.21 bits per heavy atom. The summed E-state index contributed by atoms with van der Waals surface area (Å²) in [5.41, 5.74) is 5.63. The Hall–Kier alpha value is -0.980. The number of aliphatic hydroxyl groups is 1. The molecule has 0 bridgehead atoms. The van der Waals surface area contributed by atoms with E-state index >= 15 is 0 Å². The van der Waals surface area contributed by atoms with E-state index in [0.29, 0.717) is 0 Å². The number of nitrogens with two attached hydrogens (primary N) is 1. The fourth-order valence-electron chi connectivity index (χ4n) is 2.63. The number of hydrogen-bond acceptors (Lipinski definition) is 4. The second-order valence-corrected chi connectivity index (χ2v) is 7.52. The van der Waals surface area contributed by atoms with Gasteiger partial charge in [0.1, 0.15) is 5.82 Å². The van der Waals surface area contributed by atoms with Crippen molar-refractivity contribution in [3.63, 3.8) is 0 Å². The van der Waals surface area contributed by atoms with Gasteiger partial charge in [0.25, 0.3) is 0 Å². The lowest BCUT2D eigenvalue weighted by Gasteiger charge is -2.32. The third-order valence-corrected chi connectivity index (χ3v) is 5.69. The fourth-order valence-corrected chi connectivity index (χ4v) is 4.79. The predicted molar refractivity (Wildman–Crippen MR) is 70.9 cm³/mol. The van der Waals surface area contributed by atoms with Crippen molar-refractivity contribution in [2.45, 2.75) is 19.4 Å². The molecule has 19 heavy (non-hydrogen) atoms. The molecule has 1 heterocycles. The Morgan fingerprint density at radius 3 is 2.74 bits per heavy atom. The molecule has 1 aromatic carbocycles. The van der Waals surface area contributed by atoms with Gasteiger partial charge in [-0.3, -0.25) is 0 Å². The van der Waals surface area contributed by atoms with Crippen LogP contribution in [0.25, 0.3) is 0 Å². The van der Waals surface area contributed by atoms with E-state index < -0.39 is 27.2 Å². The van der Waals surface area contributed by atoms with E-state index in [1.54, 1.807) is 19.1 Å². The van der Waals surface area contributed by atoms with E-state index in [2.05, 4.69) is 0 Å². The average Bonchev–Trinajstić information content (AvgIpc) is 2.68. The van der Waals surface area contributed by atoms with E-state index in [9.17, 15) is 17.9 Å². The SMILES string of the molecule is Cc1ccc(F)c(C(O)C2(CN)CCS(=O)(=O)C2)c1. The first-order chi connectivity index (χ1) is 8.80. The monoisotopic (exact) mass is 287 g/mol. The summed E-state index contributed by atoms with van der Waals surface area (Å²) in [6, 6.07) is 4.43. The Balaban J connectivity index is 2.42. The molecule has 2 unspecified atom stereocenters. The van der Waals surface area contributed by atoms with Crippen LogP contribution in [0.15, 0.2) is 18.2 Å². The normalized spacial score (nSPS) is 27.4. The topological polar surface area (TPSA) is 80.4 Å². The van der Waals surface area contributed by atoms with Gasteiger partial charge in [0.15, 0.2) is 9.84 Å². The van der Waals surface area contributed by atoms with Gasteiger partial charge < -0.3 is 10.8 Å². The lowest BCUT2D eigenvalue weighted by molar-refractivity contribution is 0.0442. The number of benzene rings is 1. The molecule has 0 amide bonds. The molecule has 1 aliphatic rings. The maximum absolute atomic E-state index is 13.8. The third kappa shape index (κ3) is 2.66. The second-order valence-electron chi connectivity index (χ2n) is 5.34. The summed E-state index contributed by atoms with van der Waals surface area (Å²) in [6.07, 6.45) is -0.935. The molecule has 2 rings (SSSR count). The van der Waals surface area contributed by atoms with Crippen LogP contribution in [0.4, 0.5) is 4.39 Å². The second kappa shape index (κ2) is 4.85. The average molecular weight is 287 g/mol. The van der Waals surface area contributed by atoms with Crippen LogP contribution in [-0.4, -0.2) is 31.6 Å². The largest absolute Gasteiger partial charge is 0.388 e. The molecule has 1 aromatic rings. The highest BCUT2D eigenvalue weighted by Gasteiger charge is 2.47. The van der Waals surface area contributed by atoms with Crippen LogP contribution in [0.2, 0.25) is 0 Å². The fraction of sp³-hybridized carbons (Fsp3) is 0.538. The zero-order valence-electron chi connectivity index (χ0n) is 10.8. The molecule has 1 fully saturated rings. The summed E-state index contributed by atoms with van der Waals surface area (Å²) >= 11 is 0. The molecule has 1 aliphatic heterocycles. The summed E-state index contributed by atoms with van der Waals surface area (Å²) in [7, 11) is -3.20. The Morgan fingerprint density at radius 1 is 1.53 bits per heavy atom. The molecule has 6 heteroatoms. The van der Waals surface area contributed by atoms with Crippen molar-refractivity contribution in [3.8, 4) is 0 Å². The van der Waals surface area contributed by atoms with Crippen LogP contribution in [0.1, 0.15) is 23.7 Å². The zero-order chi connectivity index (χ0) is 14.3. The van der Waals surface area contributed by atoms with Crippen molar-refractivity contribution in [1.82, 2.24) is 0 Å². The molecule has 106 valence electrons.